The van der Waals surface area contributed by atoms with E-state index in [0.717, 1.165) is 23.4 Å². The maximum atomic E-state index is 6.22. The number of pyridine rings is 1. The standard InChI is InChI=1S/C18H23N9/c1-11(19)25-26-17(21)16-7-5-14(20)18(24-16)27(22)10-12-4-6-15-13(9-12)3-2-8-23-15/h2-7,9,23,25H,1,8,10,19-20,22H2,(H2,21,26). The molecule has 3 rings (SSSR count). The Balaban J connectivity index is 1.81. The zero-order valence-corrected chi connectivity index (χ0v) is 14.8. The van der Waals surface area contributed by atoms with Gasteiger partial charge in [0.2, 0.25) is 0 Å². The molecule has 0 fully saturated rings. The summed E-state index contributed by atoms with van der Waals surface area (Å²) in [6, 6.07) is 9.45. The van der Waals surface area contributed by atoms with Gasteiger partial charge in [-0.05, 0) is 35.4 Å². The topological polar surface area (TPSA) is 157 Å². The van der Waals surface area contributed by atoms with Gasteiger partial charge in [-0.15, -0.1) is 0 Å². The third-order valence-electron chi connectivity index (χ3n) is 3.94. The molecule has 0 atom stereocenters. The number of amidine groups is 1. The van der Waals surface area contributed by atoms with Gasteiger partial charge >= 0.3 is 0 Å². The van der Waals surface area contributed by atoms with Crippen LogP contribution in [0.15, 0.2) is 53.9 Å². The van der Waals surface area contributed by atoms with E-state index in [-0.39, 0.29) is 11.7 Å². The third-order valence-corrected chi connectivity index (χ3v) is 3.94. The lowest BCUT2D eigenvalue weighted by Crippen LogP contribution is -2.32. The molecule has 9 heteroatoms. The minimum Gasteiger partial charge on any atom is -0.396 e. The molecule has 2 aromatic rings. The van der Waals surface area contributed by atoms with Crippen molar-refractivity contribution in [1.82, 2.24) is 10.4 Å². The zero-order chi connectivity index (χ0) is 19.4. The van der Waals surface area contributed by atoms with Crippen LogP contribution in [0.1, 0.15) is 16.8 Å². The number of hydrogen-bond acceptors (Lipinski definition) is 8. The highest BCUT2D eigenvalue weighted by atomic mass is 15.4. The van der Waals surface area contributed by atoms with E-state index in [9.17, 15) is 0 Å². The molecule has 9 nitrogen and oxygen atoms in total. The summed E-state index contributed by atoms with van der Waals surface area (Å²) < 4.78 is 0. The molecule has 1 aliphatic heterocycles. The number of hydrazone groups is 1. The Morgan fingerprint density at radius 3 is 2.89 bits per heavy atom. The number of rotatable bonds is 6. The Morgan fingerprint density at radius 1 is 1.30 bits per heavy atom. The lowest BCUT2D eigenvalue weighted by atomic mass is 10.1. The van der Waals surface area contributed by atoms with Crippen molar-refractivity contribution in [3.8, 4) is 0 Å². The highest BCUT2D eigenvalue weighted by molar-refractivity contribution is 5.96. The molecule has 0 saturated heterocycles. The lowest BCUT2D eigenvalue weighted by molar-refractivity contribution is 0.831. The number of benzene rings is 1. The van der Waals surface area contributed by atoms with Crippen LogP contribution in [0.5, 0.6) is 0 Å². The number of anilines is 3. The van der Waals surface area contributed by atoms with E-state index in [1.165, 1.54) is 5.01 Å². The number of nitrogens with one attached hydrogen (secondary N) is 2. The lowest BCUT2D eigenvalue weighted by Gasteiger charge is -2.21. The Kier molecular flexibility index (Phi) is 5.13. The minimum absolute atomic E-state index is 0.140. The largest absolute Gasteiger partial charge is 0.396 e. The summed E-state index contributed by atoms with van der Waals surface area (Å²) in [4.78, 5) is 4.42. The predicted octanol–water partition coefficient (Wildman–Crippen LogP) is 0.623. The van der Waals surface area contributed by atoms with Crippen LogP contribution in [0, 0.1) is 0 Å². The smallest absolute Gasteiger partial charge is 0.169 e. The summed E-state index contributed by atoms with van der Waals surface area (Å²) >= 11 is 0. The molecule has 2 heterocycles. The first kappa shape index (κ1) is 18.1. The van der Waals surface area contributed by atoms with Crippen molar-refractivity contribution in [3.05, 3.63) is 65.6 Å². The Hall–Kier alpha value is -3.72. The first-order valence-electron chi connectivity index (χ1n) is 8.30. The normalized spacial score (nSPS) is 12.9. The van der Waals surface area contributed by atoms with Crippen molar-refractivity contribution in [1.29, 1.82) is 0 Å². The van der Waals surface area contributed by atoms with E-state index < -0.39 is 0 Å². The maximum Gasteiger partial charge on any atom is 0.169 e. The molecule has 10 N–H and O–H groups in total. The summed E-state index contributed by atoms with van der Waals surface area (Å²) in [5.74, 6) is 6.94. The summed E-state index contributed by atoms with van der Waals surface area (Å²) in [6.07, 6.45) is 4.15. The molecular weight excluding hydrogens is 342 g/mol. The predicted molar refractivity (Wildman–Crippen MR) is 110 cm³/mol. The third kappa shape index (κ3) is 4.28. The van der Waals surface area contributed by atoms with E-state index in [4.69, 9.17) is 23.0 Å². The molecule has 0 saturated carbocycles. The molecule has 0 amide bonds. The number of aromatic nitrogens is 1. The minimum atomic E-state index is 0.140. The van der Waals surface area contributed by atoms with E-state index in [1.54, 1.807) is 12.1 Å². The number of hydrazine groups is 1. The van der Waals surface area contributed by atoms with Crippen molar-refractivity contribution in [3.63, 3.8) is 0 Å². The molecule has 27 heavy (non-hydrogen) atoms. The van der Waals surface area contributed by atoms with Crippen LogP contribution in [0.4, 0.5) is 17.2 Å². The van der Waals surface area contributed by atoms with Gasteiger partial charge in [0.05, 0.1) is 12.2 Å². The average molecular weight is 365 g/mol. The average Bonchev–Trinajstić information content (AvgIpc) is 2.66. The zero-order valence-electron chi connectivity index (χ0n) is 14.8. The van der Waals surface area contributed by atoms with E-state index in [2.05, 4.69) is 45.6 Å². The Bertz CT molecular complexity index is 917. The van der Waals surface area contributed by atoms with Gasteiger partial charge in [0, 0.05) is 12.2 Å². The van der Waals surface area contributed by atoms with Crippen LogP contribution >= 0.6 is 0 Å². The van der Waals surface area contributed by atoms with Crippen molar-refractivity contribution < 1.29 is 0 Å². The number of hydrogen-bond donors (Lipinski definition) is 6. The van der Waals surface area contributed by atoms with E-state index in [0.29, 0.717) is 23.7 Å². The number of nitrogen functional groups attached to an aromatic ring is 1. The van der Waals surface area contributed by atoms with Crippen molar-refractivity contribution in [2.45, 2.75) is 6.54 Å². The van der Waals surface area contributed by atoms with Crippen LogP contribution < -0.4 is 38.8 Å². The monoisotopic (exact) mass is 365 g/mol. The van der Waals surface area contributed by atoms with Gasteiger partial charge in [-0.25, -0.2) is 10.8 Å². The number of nitrogens with zero attached hydrogens (tertiary/aromatic N) is 3. The number of fused-ring (bicyclic) bond motifs is 1. The highest BCUT2D eigenvalue weighted by Gasteiger charge is 2.13. The maximum absolute atomic E-state index is 6.22. The van der Waals surface area contributed by atoms with E-state index in [1.807, 2.05) is 12.1 Å². The molecule has 1 aliphatic rings. The molecule has 140 valence electrons. The van der Waals surface area contributed by atoms with Gasteiger partial charge in [0.15, 0.2) is 11.7 Å². The fraction of sp³-hybridized carbons (Fsp3) is 0.111. The van der Waals surface area contributed by atoms with Crippen molar-refractivity contribution in [2.75, 3.05) is 22.6 Å². The molecule has 0 spiro atoms. The molecule has 0 radical (unpaired) electrons. The van der Waals surface area contributed by atoms with Gasteiger partial charge in [0.25, 0.3) is 0 Å². The molecule has 0 aliphatic carbocycles. The van der Waals surface area contributed by atoms with Crippen LogP contribution in [-0.4, -0.2) is 17.4 Å². The van der Waals surface area contributed by atoms with Crippen molar-refractivity contribution in [2.24, 2.45) is 22.4 Å². The fourth-order valence-corrected chi connectivity index (χ4v) is 2.66. The number of nitrogens with two attached hydrogens (primary N) is 4. The SMILES string of the molecule is C=C(N)N/N=C(\N)c1ccc(N)c(N(N)Cc2ccc3c(c2)C=CCN3)n1. The van der Waals surface area contributed by atoms with Gasteiger partial charge in [-0.1, -0.05) is 24.8 Å². The van der Waals surface area contributed by atoms with Crippen LogP contribution in [0.25, 0.3) is 6.08 Å². The Morgan fingerprint density at radius 2 is 2.11 bits per heavy atom. The second kappa shape index (κ2) is 7.67. The molecular formula is C18H23N9. The first-order chi connectivity index (χ1) is 12.9. The fourth-order valence-electron chi connectivity index (χ4n) is 2.66. The second-order valence-corrected chi connectivity index (χ2v) is 6.08. The van der Waals surface area contributed by atoms with Gasteiger partial charge in [0.1, 0.15) is 11.5 Å². The quantitative estimate of drug-likeness (QED) is 0.188. The molecule has 1 aromatic carbocycles. The summed E-state index contributed by atoms with van der Waals surface area (Å²) in [5, 5.41) is 8.69. The van der Waals surface area contributed by atoms with Crippen LogP contribution in [0.2, 0.25) is 0 Å². The Labute approximate surface area is 157 Å². The summed E-state index contributed by atoms with van der Waals surface area (Å²) in [5.41, 5.74) is 23.9. The van der Waals surface area contributed by atoms with Crippen LogP contribution in [0.3, 0.4) is 0 Å². The second-order valence-electron chi connectivity index (χ2n) is 6.08. The summed E-state index contributed by atoms with van der Waals surface area (Å²) in [7, 11) is 0. The van der Waals surface area contributed by atoms with Gasteiger partial charge in [-0.3, -0.25) is 10.4 Å². The van der Waals surface area contributed by atoms with Crippen molar-refractivity contribution >= 4 is 29.1 Å². The van der Waals surface area contributed by atoms with E-state index >= 15 is 0 Å². The van der Waals surface area contributed by atoms with Crippen LogP contribution in [-0.2, 0) is 6.54 Å². The molecule has 1 aromatic heterocycles. The van der Waals surface area contributed by atoms with Gasteiger partial charge < -0.3 is 22.5 Å². The molecule has 0 unspecified atom stereocenters. The highest BCUT2D eigenvalue weighted by Crippen LogP contribution is 2.24. The summed E-state index contributed by atoms with van der Waals surface area (Å²) in [6.45, 7) is 4.74. The molecule has 0 bridgehead atoms. The van der Waals surface area contributed by atoms with Gasteiger partial charge in [-0.2, -0.15) is 5.10 Å². The first-order valence-corrected chi connectivity index (χ1v) is 8.30.